The highest BCUT2D eigenvalue weighted by atomic mass is 16.2. The van der Waals surface area contributed by atoms with Gasteiger partial charge in [0.1, 0.15) is 6.04 Å². The second-order valence-electron chi connectivity index (χ2n) is 6.05. The van der Waals surface area contributed by atoms with Gasteiger partial charge in [-0.1, -0.05) is 30.3 Å². The molecule has 0 bridgehead atoms. The number of hydrogen-bond donors (Lipinski definition) is 2. The van der Waals surface area contributed by atoms with Gasteiger partial charge in [0, 0.05) is 17.6 Å². The molecule has 2 amide bonds. The molecule has 0 aliphatic rings. The first-order valence-corrected chi connectivity index (χ1v) is 8.23. The number of primary amides is 1. The molecule has 0 fully saturated rings. The largest absolute Gasteiger partial charge is 0.368 e. The second kappa shape index (κ2) is 7.23. The van der Waals surface area contributed by atoms with E-state index >= 15 is 0 Å². The Morgan fingerprint density at radius 1 is 1.12 bits per heavy atom. The van der Waals surface area contributed by atoms with Crippen LogP contribution in [0.1, 0.15) is 33.4 Å². The van der Waals surface area contributed by atoms with Crippen molar-refractivity contribution in [2.75, 3.05) is 0 Å². The summed E-state index contributed by atoms with van der Waals surface area (Å²) in [6.07, 6.45) is 3.43. The first-order valence-electron chi connectivity index (χ1n) is 8.23. The topological polar surface area (TPSA) is 90.0 Å². The zero-order chi connectivity index (χ0) is 18.7. The molecule has 0 radical (unpaired) electrons. The molecule has 0 aliphatic heterocycles. The molecule has 6 nitrogen and oxygen atoms in total. The van der Waals surface area contributed by atoms with Crippen molar-refractivity contribution in [3.63, 3.8) is 0 Å². The molecular formula is C20H20N4O2. The lowest BCUT2D eigenvalue weighted by Gasteiger charge is -2.16. The minimum atomic E-state index is -0.884. The zero-order valence-corrected chi connectivity index (χ0v) is 14.6. The van der Waals surface area contributed by atoms with Gasteiger partial charge in [-0.3, -0.25) is 14.6 Å². The molecule has 3 N–H and O–H groups in total. The van der Waals surface area contributed by atoms with Crippen molar-refractivity contribution < 1.29 is 9.59 Å². The number of aromatic nitrogens is 2. The molecule has 1 aromatic carbocycles. The third-order valence-corrected chi connectivity index (χ3v) is 4.27. The van der Waals surface area contributed by atoms with Crippen LogP contribution in [0.15, 0.2) is 60.9 Å². The van der Waals surface area contributed by atoms with Crippen LogP contribution >= 0.6 is 0 Å². The van der Waals surface area contributed by atoms with Crippen LogP contribution in [0.5, 0.6) is 0 Å². The molecule has 1 atom stereocenters. The third-order valence-electron chi connectivity index (χ3n) is 4.27. The summed E-state index contributed by atoms with van der Waals surface area (Å²) in [4.78, 5) is 28.8. The zero-order valence-electron chi connectivity index (χ0n) is 14.6. The molecule has 0 unspecified atom stereocenters. The van der Waals surface area contributed by atoms with E-state index in [9.17, 15) is 9.59 Å². The summed E-state index contributed by atoms with van der Waals surface area (Å²) in [5, 5.41) is 2.74. The van der Waals surface area contributed by atoms with Gasteiger partial charge in [-0.2, -0.15) is 0 Å². The Balaban J connectivity index is 1.92. The molecule has 0 saturated carbocycles. The number of hydrogen-bond acceptors (Lipinski definition) is 3. The van der Waals surface area contributed by atoms with Crippen molar-refractivity contribution in [3.8, 4) is 5.69 Å². The predicted molar refractivity (Wildman–Crippen MR) is 98.9 cm³/mol. The lowest BCUT2D eigenvalue weighted by atomic mass is 10.1. The summed E-state index contributed by atoms with van der Waals surface area (Å²) >= 11 is 0. The molecule has 0 spiro atoms. The third kappa shape index (κ3) is 3.35. The van der Waals surface area contributed by atoms with E-state index in [1.54, 1.807) is 42.7 Å². The number of nitrogens with zero attached hydrogens (tertiary/aromatic N) is 2. The highest BCUT2D eigenvalue weighted by Crippen LogP contribution is 2.21. The van der Waals surface area contributed by atoms with Crippen molar-refractivity contribution in [1.82, 2.24) is 14.9 Å². The summed E-state index contributed by atoms with van der Waals surface area (Å²) in [7, 11) is 0. The average Bonchev–Trinajstić information content (AvgIpc) is 2.95. The van der Waals surface area contributed by atoms with Gasteiger partial charge >= 0.3 is 0 Å². The van der Waals surface area contributed by atoms with E-state index < -0.39 is 11.9 Å². The van der Waals surface area contributed by atoms with Crippen molar-refractivity contribution in [1.29, 1.82) is 0 Å². The number of amides is 2. The van der Waals surface area contributed by atoms with Gasteiger partial charge in [0.15, 0.2) is 0 Å². The Bertz CT molecular complexity index is 933. The molecule has 26 heavy (non-hydrogen) atoms. The Morgan fingerprint density at radius 2 is 1.85 bits per heavy atom. The smallest absolute Gasteiger partial charge is 0.254 e. The molecule has 2 aromatic heterocycles. The van der Waals surface area contributed by atoms with Crippen molar-refractivity contribution in [2.45, 2.75) is 19.9 Å². The van der Waals surface area contributed by atoms with Gasteiger partial charge < -0.3 is 15.6 Å². The number of benzene rings is 1. The molecule has 0 saturated heterocycles. The minimum absolute atomic E-state index is 0.346. The highest BCUT2D eigenvalue weighted by Gasteiger charge is 2.23. The van der Waals surface area contributed by atoms with Crippen molar-refractivity contribution in [2.24, 2.45) is 5.73 Å². The maximum absolute atomic E-state index is 12.8. The lowest BCUT2D eigenvalue weighted by Crippen LogP contribution is -2.37. The molecule has 2 heterocycles. The molecule has 3 rings (SSSR count). The van der Waals surface area contributed by atoms with Crippen molar-refractivity contribution >= 4 is 11.8 Å². The number of pyridine rings is 1. The molecule has 132 valence electrons. The summed E-state index contributed by atoms with van der Waals surface area (Å²) < 4.78 is 1.95. The van der Waals surface area contributed by atoms with Crippen LogP contribution < -0.4 is 11.1 Å². The van der Waals surface area contributed by atoms with E-state index in [-0.39, 0.29) is 5.91 Å². The number of nitrogens with one attached hydrogen (secondary N) is 1. The monoisotopic (exact) mass is 348 g/mol. The minimum Gasteiger partial charge on any atom is -0.368 e. The first-order chi connectivity index (χ1) is 12.5. The Labute approximate surface area is 151 Å². The lowest BCUT2D eigenvalue weighted by molar-refractivity contribution is -0.120. The Morgan fingerprint density at radius 3 is 2.46 bits per heavy atom. The van der Waals surface area contributed by atoms with Gasteiger partial charge in [-0.25, -0.2) is 0 Å². The summed E-state index contributed by atoms with van der Waals surface area (Å²) in [6.45, 7) is 3.77. The Hall–Kier alpha value is -3.41. The number of nitrogens with two attached hydrogens (primary N) is 1. The normalized spacial score (nSPS) is 11.8. The fraction of sp³-hybridized carbons (Fsp3) is 0.150. The standard InChI is InChI=1S/C20H20N4O2/c1-13-11-17(14(2)24(13)16-9-6-10-22-12-16)20(26)23-18(19(21)25)15-7-4-3-5-8-15/h3-12,18H,1-2H3,(H2,21,25)(H,23,26)/t18-/m0/s1. The Kier molecular flexibility index (Phi) is 4.84. The molecule has 0 aliphatic carbocycles. The maximum atomic E-state index is 12.8. The summed E-state index contributed by atoms with van der Waals surface area (Å²) in [5.74, 6) is -0.952. The number of carbonyl (C=O) groups is 2. The predicted octanol–water partition coefficient (Wildman–Crippen LogP) is 2.45. The second-order valence-corrected chi connectivity index (χ2v) is 6.05. The van der Waals surface area contributed by atoms with Crippen LogP contribution in [0.25, 0.3) is 5.69 Å². The SMILES string of the molecule is Cc1cc(C(=O)N[C@H](C(N)=O)c2ccccc2)c(C)n1-c1cccnc1. The van der Waals surface area contributed by atoms with Gasteiger partial charge in [-0.15, -0.1) is 0 Å². The van der Waals surface area contributed by atoms with Crippen molar-refractivity contribution in [3.05, 3.63) is 83.4 Å². The van der Waals surface area contributed by atoms with Gasteiger partial charge in [0.2, 0.25) is 5.91 Å². The fourth-order valence-corrected chi connectivity index (χ4v) is 3.05. The van der Waals surface area contributed by atoms with Crippen LogP contribution in [0, 0.1) is 13.8 Å². The van der Waals surface area contributed by atoms with Crippen LogP contribution in [0.3, 0.4) is 0 Å². The van der Waals surface area contributed by atoms with Gasteiger partial charge in [0.05, 0.1) is 17.4 Å². The molecular weight excluding hydrogens is 328 g/mol. The van der Waals surface area contributed by atoms with Crippen LogP contribution in [-0.4, -0.2) is 21.4 Å². The first kappa shape index (κ1) is 17.4. The number of carbonyl (C=O) groups excluding carboxylic acids is 2. The molecule has 3 aromatic rings. The van der Waals surface area contributed by atoms with E-state index in [1.807, 2.05) is 36.6 Å². The maximum Gasteiger partial charge on any atom is 0.254 e. The van der Waals surface area contributed by atoms with Crippen LogP contribution in [-0.2, 0) is 4.79 Å². The van der Waals surface area contributed by atoms with E-state index in [1.165, 1.54) is 0 Å². The van der Waals surface area contributed by atoms with E-state index in [0.717, 1.165) is 17.1 Å². The summed E-state index contributed by atoms with van der Waals surface area (Å²) in [6, 6.07) is 13.6. The van der Waals surface area contributed by atoms with Crippen LogP contribution in [0.2, 0.25) is 0 Å². The van der Waals surface area contributed by atoms with E-state index in [4.69, 9.17) is 5.73 Å². The fourth-order valence-electron chi connectivity index (χ4n) is 3.05. The summed E-state index contributed by atoms with van der Waals surface area (Å²) in [5.41, 5.74) is 9.17. The van der Waals surface area contributed by atoms with Crippen LogP contribution in [0.4, 0.5) is 0 Å². The molecule has 6 heteroatoms. The van der Waals surface area contributed by atoms with E-state index in [2.05, 4.69) is 10.3 Å². The number of rotatable bonds is 5. The highest BCUT2D eigenvalue weighted by molar-refractivity contribution is 5.99. The van der Waals surface area contributed by atoms with Gasteiger partial charge in [0.25, 0.3) is 5.91 Å². The average molecular weight is 348 g/mol. The quantitative estimate of drug-likeness (QED) is 0.742. The van der Waals surface area contributed by atoms with E-state index in [0.29, 0.717) is 11.1 Å². The van der Waals surface area contributed by atoms with Gasteiger partial charge in [-0.05, 0) is 37.6 Å². The number of aryl methyl sites for hydroxylation is 1.